The van der Waals surface area contributed by atoms with Crippen LogP contribution in [0.15, 0.2) is 21.5 Å². The Kier molecular flexibility index (Phi) is 6.32. The molecule has 19 heavy (non-hydrogen) atoms. The minimum absolute atomic E-state index is 0.185. The average molecular weight is 368 g/mol. The van der Waals surface area contributed by atoms with E-state index in [9.17, 15) is 13.5 Å². The summed E-state index contributed by atoms with van der Waals surface area (Å²) < 4.78 is 27.0. The van der Waals surface area contributed by atoms with E-state index < -0.39 is 10.0 Å². The van der Waals surface area contributed by atoms with Crippen LogP contribution in [0, 0.1) is 6.92 Å². The SMILES string of the molecule is CSCCN(C)S(=O)(=O)c1cc(CO)cc(Br)c1C. The number of rotatable bonds is 6. The van der Waals surface area contributed by atoms with Gasteiger partial charge in [-0.2, -0.15) is 11.8 Å². The molecule has 0 saturated heterocycles. The number of hydrogen-bond acceptors (Lipinski definition) is 4. The third-order valence-electron chi connectivity index (χ3n) is 2.84. The molecule has 0 aliphatic heterocycles. The molecule has 4 nitrogen and oxygen atoms in total. The van der Waals surface area contributed by atoms with Gasteiger partial charge >= 0.3 is 0 Å². The zero-order chi connectivity index (χ0) is 14.6. The van der Waals surface area contributed by atoms with E-state index in [1.807, 2.05) is 6.26 Å². The number of thioether (sulfide) groups is 1. The summed E-state index contributed by atoms with van der Waals surface area (Å²) in [6.07, 6.45) is 1.94. The van der Waals surface area contributed by atoms with Gasteiger partial charge in [-0.1, -0.05) is 15.9 Å². The first kappa shape index (κ1) is 17.0. The molecule has 1 aromatic rings. The van der Waals surface area contributed by atoms with Gasteiger partial charge in [0.1, 0.15) is 0 Å². The smallest absolute Gasteiger partial charge is 0.243 e. The van der Waals surface area contributed by atoms with Crippen molar-refractivity contribution in [1.29, 1.82) is 0 Å². The van der Waals surface area contributed by atoms with Crippen LogP contribution in [-0.2, 0) is 16.6 Å². The third-order valence-corrected chi connectivity index (χ3v) is 6.24. The highest BCUT2D eigenvalue weighted by molar-refractivity contribution is 9.10. The summed E-state index contributed by atoms with van der Waals surface area (Å²) in [5.74, 6) is 0.746. The second kappa shape index (κ2) is 7.08. The highest BCUT2D eigenvalue weighted by Crippen LogP contribution is 2.27. The van der Waals surface area contributed by atoms with Crippen LogP contribution in [0.2, 0.25) is 0 Å². The number of aliphatic hydroxyl groups excluding tert-OH is 1. The Bertz CT molecular complexity index is 546. The molecule has 0 aromatic heterocycles. The van der Waals surface area contributed by atoms with Crippen LogP contribution >= 0.6 is 27.7 Å². The molecule has 0 spiro atoms. The maximum Gasteiger partial charge on any atom is 0.243 e. The summed E-state index contributed by atoms with van der Waals surface area (Å²) in [6.45, 7) is 2.03. The highest BCUT2D eigenvalue weighted by Gasteiger charge is 2.24. The summed E-state index contributed by atoms with van der Waals surface area (Å²) in [5, 5.41) is 9.19. The van der Waals surface area contributed by atoms with Gasteiger partial charge in [-0.05, 0) is 36.4 Å². The number of nitrogens with zero attached hydrogens (tertiary/aromatic N) is 1. The summed E-state index contributed by atoms with van der Waals surface area (Å²) in [7, 11) is -1.94. The molecule has 1 rings (SSSR count). The van der Waals surface area contributed by atoms with Crippen LogP contribution < -0.4 is 0 Å². The van der Waals surface area contributed by atoms with Gasteiger partial charge < -0.3 is 5.11 Å². The number of hydrogen-bond donors (Lipinski definition) is 1. The normalized spacial score (nSPS) is 12.1. The van der Waals surface area contributed by atoms with Crippen molar-refractivity contribution in [3.05, 3.63) is 27.7 Å². The van der Waals surface area contributed by atoms with Crippen LogP contribution in [0.25, 0.3) is 0 Å². The first-order valence-electron chi connectivity index (χ1n) is 5.69. The van der Waals surface area contributed by atoms with Crippen molar-refractivity contribution >= 4 is 37.7 Å². The van der Waals surface area contributed by atoms with E-state index in [1.54, 1.807) is 31.8 Å². The zero-order valence-electron chi connectivity index (χ0n) is 11.2. The van der Waals surface area contributed by atoms with Gasteiger partial charge in [0.2, 0.25) is 10.0 Å². The Morgan fingerprint density at radius 2 is 2.05 bits per heavy atom. The topological polar surface area (TPSA) is 57.6 Å². The molecule has 1 N–H and O–H groups in total. The van der Waals surface area contributed by atoms with E-state index in [1.165, 1.54) is 10.4 Å². The number of sulfonamides is 1. The molecule has 0 radical (unpaired) electrons. The highest BCUT2D eigenvalue weighted by atomic mass is 79.9. The lowest BCUT2D eigenvalue weighted by Gasteiger charge is -2.19. The maximum absolute atomic E-state index is 12.5. The summed E-state index contributed by atoms with van der Waals surface area (Å²) in [5.41, 5.74) is 1.24. The van der Waals surface area contributed by atoms with Gasteiger partial charge in [0.15, 0.2) is 0 Å². The van der Waals surface area contributed by atoms with E-state index in [2.05, 4.69) is 15.9 Å². The second-order valence-electron chi connectivity index (χ2n) is 4.18. The van der Waals surface area contributed by atoms with E-state index >= 15 is 0 Å². The van der Waals surface area contributed by atoms with Crippen molar-refractivity contribution in [3.63, 3.8) is 0 Å². The molecule has 7 heteroatoms. The summed E-state index contributed by atoms with van der Waals surface area (Å²) in [6, 6.07) is 3.27. The van der Waals surface area contributed by atoms with E-state index in [-0.39, 0.29) is 11.5 Å². The number of benzene rings is 1. The summed E-state index contributed by atoms with van der Waals surface area (Å²) >= 11 is 4.93. The minimum Gasteiger partial charge on any atom is -0.392 e. The lowest BCUT2D eigenvalue weighted by molar-refractivity contribution is 0.281. The van der Waals surface area contributed by atoms with E-state index in [0.717, 1.165) is 5.75 Å². The molecular formula is C12H18BrNO3S2. The van der Waals surface area contributed by atoms with Crippen molar-refractivity contribution in [2.24, 2.45) is 0 Å². The number of aliphatic hydroxyl groups is 1. The van der Waals surface area contributed by atoms with Crippen LogP contribution in [0.5, 0.6) is 0 Å². The largest absolute Gasteiger partial charge is 0.392 e. The Labute approximate surface area is 127 Å². The van der Waals surface area contributed by atoms with Crippen LogP contribution in [0.4, 0.5) is 0 Å². The van der Waals surface area contributed by atoms with Crippen LogP contribution in [-0.4, -0.2) is 43.4 Å². The lowest BCUT2D eigenvalue weighted by atomic mass is 10.2. The quantitative estimate of drug-likeness (QED) is 0.837. The fourth-order valence-electron chi connectivity index (χ4n) is 1.57. The van der Waals surface area contributed by atoms with Gasteiger partial charge in [0.05, 0.1) is 11.5 Å². The molecule has 0 aliphatic rings. The molecule has 108 valence electrons. The Hall–Kier alpha value is -0.0800. The predicted molar refractivity (Wildman–Crippen MR) is 83.0 cm³/mol. The fourth-order valence-corrected chi connectivity index (χ4v) is 4.25. The Balaban J connectivity index is 3.24. The molecule has 0 unspecified atom stereocenters. The average Bonchev–Trinajstić information content (AvgIpc) is 2.38. The van der Waals surface area contributed by atoms with Crippen LogP contribution in [0.3, 0.4) is 0 Å². The molecule has 0 heterocycles. The number of halogens is 1. The molecule has 0 saturated carbocycles. The molecule has 0 fully saturated rings. The third kappa shape index (κ3) is 3.95. The Morgan fingerprint density at radius 1 is 1.42 bits per heavy atom. The standard InChI is InChI=1S/C12H18BrNO3S2/c1-9-11(13)6-10(8-15)7-12(9)19(16,17)14(2)4-5-18-3/h6-7,15H,4-5,8H2,1-3H3. The van der Waals surface area contributed by atoms with Gasteiger partial charge in [0, 0.05) is 23.8 Å². The van der Waals surface area contributed by atoms with Crippen molar-refractivity contribution in [2.75, 3.05) is 25.6 Å². The first-order valence-corrected chi connectivity index (χ1v) is 9.32. The molecule has 0 atom stereocenters. The molecule has 0 amide bonds. The zero-order valence-corrected chi connectivity index (χ0v) is 14.4. The molecule has 0 bridgehead atoms. The van der Waals surface area contributed by atoms with E-state index in [0.29, 0.717) is 22.1 Å². The van der Waals surface area contributed by atoms with Gasteiger partial charge in [-0.3, -0.25) is 0 Å². The Morgan fingerprint density at radius 3 is 2.58 bits per heavy atom. The lowest BCUT2D eigenvalue weighted by Crippen LogP contribution is -2.29. The molecule has 0 aliphatic carbocycles. The first-order chi connectivity index (χ1) is 8.84. The fraction of sp³-hybridized carbons (Fsp3) is 0.500. The molecular weight excluding hydrogens is 350 g/mol. The van der Waals surface area contributed by atoms with Gasteiger partial charge in [-0.25, -0.2) is 12.7 Å². The summed E-state index contributed by atoms with van der Waals surface area (Å²) in [4.78, 5) is 0.245. The van der Waals surface area contributed by atoms with Gasteiger partial charge in [0.25, 0.3) is 0 Å². The van der Waals surface area contributed by atoms with Crippen molar-refractivity contribution in [3.8, 4) is 0 Å². The predicted octanol–water partition coefficient (Wildman–Crippen LogP) is 2.23. The maximum atomic E-state index is 12.5. The van der Waals surface area contributed by atoms with Crippen molar-refractivity contribution in [1.82, 2.24) is 4.31 Å². The van der Waals surface area contributed by atoms with Crippen LogP contribution in [0.1, 0.15) is 11.1 Å². The van der Waals surface area contributed by atoms with Crippen molar-refractivity contribution in [2.45, 2.75) is 18.4 Å². The minimum atomic E-state index is -3.52. The van der Waals surface area contributed by atoms with Crippen molar-refractivity contribution < 1.29 is 13.5 Å². The molecule has 1 aromatic carbocycles. The van der Waals surface area contributed by atoms with E-state index in [4.69, 9.17) is 0 Å². The monoisotopic (exact) mass is 367 g/mol. The second-order valence-corrected chi connectivity index (χ2v) is 8.03. The van der Waals surface area contributed by atoms with Gasteiger partial charge in [-0.15, -0.1) is 0 Å².